The Hall–Kier alpha value is -3.76. The third-order valence-electron chi connectivity index (χ3n) is 5.94. The van der Waals surface area contributed by atoms with Gasteiger partial charge in [-0.3, -0.25) is 4.79 Å². The summed E-state index contributed by atoms with van der Waals surface area (Å²) in [6.07, 6.45) is 3.28. The Morgan fingerprint density at radius 2 is 1.86 bits per heavy atom. The molecule has 1 aliphatic heterocycles. The minimum absolute atomic E-state index is 0.172. The van der Waals surface area contributed by atoms with E-state index in [0.717, 1.165) is 46.9 Å². The van der Waals surface area contributed by atoms with Crippen molar-refractivity contribution in [3.63, 3.8) is 0 Å². The first-order valence-electron chi connectivity index (χ1n) is 11.8. The van der Waals surface area contributed by atoms with E-state index in [-0.39, 0.29) is 11.3 Å². The van der Waals surface area contributed by atoms with Gasteiger partial charge in [0.05, 0.1) is 18.9 Å². The molecule has 1 saturated heterocycles. The molecule has 0 bridgehead atoms. The van der Waals surface area contributed by atoms with E-state index < -0.39 is 0 Å². The molecule has 1 aliphatic rings. The molecule has 0 saturated carbocycles. The maximum atomic E-state index is 13.0. The Morgan fingerprint density at radius 1 is 1.09 bits per heavy atom. The minimum atomic E-state index is -0.270. The van der Waals surface area contributed by atoms with Gasteiger partial charge in [0.2, 0.25) is 0 Å². The van der Waals surface area contributed by atoms with Crippen molar-refractivity contribution in [3.8, 4) is 23.0 Å². The molecule has 1 aromatic carbocycles. The number of hydrogen-bond donors (Lipinski definition) is 1. The predicted octanol–water partition coefficient (Wildman–Crippen LogP) is 4.60. The number of benzene rings is 1. The summed E-state index contributed by atoms with van der Waals surface area (Å²) >= 11 is 0. The standard InChI is InChI=1S/C28H31N5O2/c1-6-7-23-25(33-10-12-35-13-11-33)14-20(17-29-23)22-15-21(9-8-19(22)2)32-27(34)24-16-26(28(3,4)5)31-18-30-24/h8-9,14-18H,10-13H2,1-5H3,(H,32,34). The quantitative estimate of drug-likeness (QED) is 0.563. The van der Waals surface area contributed by atoms with Gasteiger partial charge < -0.3 is 15.0 Å². The summed E-state index contributed by atoms with van der Waals surface area (Å²) in [5.74, 6) is 5.82. The van der Waals surface area contributed by atoms with E-state index in [1.165, 1.54) is 6.33 Å². The second kappa shape index (κ2) is 10.2. The molecule has 2 aromatic heterocycles. The van der Waals surface area contributed by atoms with Crippen molar-refractivity contribution in [1.29, 1.82) is 0 Å². The van der Waals surface area contributed by atoms with Crippen LogP contribution in [0.4, 0.5) is 11.4 Å². The highest BCUT2D eigenvalue weighted by Crippen LogP contribution is 2.31. The van der Waals surface area contributed by atoms with Gasteiger partial charge >= 0.3 is 0 Å². The number of carbonyl (C=O) groups excluding carboxylic acids is 1. The van der Waals surface area contributed by atoms with Crippen molar-refractivity contribution in [2.75, 3.05) is 36.5 Å². The maximum Gasteiger partial charge on any atom is 0.274 e. The number of carbonyl (C=O) groups is 1. The number of aromatic nitrogens is 3. The fourth-order valence-electron chi connectivity index (χ4n) is 3.96. The van der Waals surface area contributed by atoms with Crippen LogP contribution in [0, 0.1) is 18.8 Å². The smallest absolute Gasteiger partial charge is 0.274 e. The van der Waals surface area contributed by atoms with Crippen LogP contribution in [0.1, 0.15) is 55.1 Å². The first kappa shape index (κ1) is 24.4. The SMILES string of the molecule is CC#Cc1ncc(-c2cc(NC(=O)c3cc(C(C)(C)C)ncn3)ccc2C)cc1N1CCOCC1. The fraction of sp³-hybridized carbons (Fsp3) is 0.357. The molecule has 35 heavy (non-hydrogen) atoms. The lowest BCUT2D eigenvalue weighted by Crippen LogP contribution is -2.36. The number of aryl methyl sites for hydroxylation is 1. The Morgan fingerprint density at radius 3 is 2.57 bits per heavy atom. The molecule has 7 nitrogen and oxygen atoms in total. The monoisotopic (exact) mass is 469 g/mol. The van der Waals surface area contributed by atoms with Crippen molar-refractivity contribution in [1.82, 2.24) is 15.0 Å². The lowest BCUT2D eigenvalue weighted by Gasteiger charge is -2.29. The predicted molar refractivity (Wildman–Crippen MR) is 139 cm³/mol. The fourth-order valence-corrected chi connectivity index (χ4v) is 3.96. The van der Waals surface area contributed by atoms with Gasteiger partial charge in [0.25, 0.3) is 5.91 Å². The molecule has 1 N–H and O–H groups in total. The van der Waals surface area contributed by atoms with Crippen molar-refractivity contribution in [3.05, 3.63) is 65.5 Å². The third-order valence-corrected chi connectivity index (χ3v) is 5.94. The number of morpholine rings is 1. The summed E-state index contributed by atoms with van der Waals surface area (Å²) < 4.78 is 5.52. The van der Waals surface area contributed by atoms with Crippen molar-refractivity contribution in [2.24, 2.45) is 0 Å². The second-order valence-electron chi connectivity index (χ2n) is 9.59. The zero-order chi connectivity index (χ0) is 25.0. The molecule has 1 fully saturated rings. The number of nitrogens with zero attached hydrogens (tertiary/aromatic N) is 4. The number of pyridine rings is 1. The van der Waals surface area contributed by atoms with Gasteiger partial charge in [-0.2, -0.15) is 0 Å². The van der Waals surface area contributed by atoms with Crippen molar-refractivity contribution >= 4 is 17.3 Å². The molecule has 7 heteroatoms. The highest BCUT2D eigenvalue weighted by atomic mass is 16.5. The summed E-state index contributed by atoms with van der Waals surface area (Å²) in [4.78, 5) is 28.4. The Bertz CT molecular complexity index is 1290. The summed E-state index contributed by atoms with van der Waals surface area (Å²) in [6, 6.07) is 9.75. The van der Waals surface area contributed by atoms with Gasteiger partial charge in [-0.25, -0.2) is 15.0 Å². The number of amides is 1. The molecule has 1 amide bonds. The molecule has 3 heterocycles. The Balaban J connectivity index is 1.64. The normalized spacial score (nSPS) is 13.7. The molecule has 0 unspecified atom stereocenters. The average molecular weight is 470 g/mol. The van der Waals surface area contributed by atoms with Gasteiger partial charge in [-0.1, -0.05) is 32.8 Å². The highest BCUT2D eigenvalue weighted by Gasteiger charge is 2.19. The Labute approximate surface area is 207 Å². The van der Waals surface area contributed by atoms with Crippen LogP contribution >= 0.6 is 0 Å². The number of hydrogen-bond acceptors (Lipinski definition) is 6. The number of ether oxygens (including phenoxy) is 1. The molecule has 3 aromatic rings. The van der Waals surface area contributed by atoms with Crippen LogP contribution in [0.2, 0.25) is 0 Å². The summed E-state index contributed by atoms with van der Waals surface area (Å²) in [7, 11) is 0. The van der Waals surface area contributed by atoms with E-state index in [1.807, 2.05) is 31.3 Å². The van der Waals surface area contributed by atoms with Crippen LogP contribution in [-0.2, 0) is 10.2 Å². The van der Waals surface area contributed by atoms with Gasteiger partial charge in [-0.15, -0.1) is 0 Å². The lowest BCUT2D eigenvalue weighted by atomic mass is 9.91. The van der Waals surface area contributed by atoms with E-state index in [1.54, 1.807) is 6.07 Å². The number of nitrogens with one attached hydrogen (secondary N) is 1. The summed E-state index contributed by atoms with van der Waals surface area (Å²) in [5.41, 5.74) is 6.50. The van der Waals surface area contributed by atoms with Crippen LogP contribution in [0.15, 0.2) is 42.9 Å². The lowest BCUT2D eigenvalue weighted by molar-refractivity contribution is 0.102. The minimum Gasteiger partial charge on any atom is -0.378 e. The zero-order valence-corrected chi connectivity index (χ0v) is 21.0. The number of rotatable bonds is 4. The second-order valence-corrected chi connectivity index (χ2v) is 9.59. The first-order valence-corrected chi connectivity index (χ1v) is 11.8. The van der Waals surface area contributed by atoms with Gasteiger partial charge in [0, 0.05) is 41.6 Å². The third kappa shape index (κ3) is 5.67. The molecule has 180 valence electrons. The summed E-state index contributed by atoms with van der Waals surface area (Å²) in [5, 5.41) is 2.99. The first-order chi connectivity index (χ1) is 16.8. The van der Waals surface area contributed by atoms with Gasteiger partial charge in [-0.05, 0) is 55.2 Å². The van der Waals surface area contributed by atoms with Gasteiger partial charge in [0.15, 0.2) is 0 Å². The van der Waals surface area contributed by atoms with Crippen LogP contribution in [-0.4, -0.2) is 47.2 Å². The molecule has 0 radical (unpaired) electrons. The Kier molecular flexibility index (Phi) is 7.13. The van der Waals surface area contributed by atoms with Crippen LogP contribution in [0.25, 0.3) is 11.1 Å². The molecular formula is C28H31N5O2. The topological polar surface area (TPSA) is 80.2 Å². The summed E-state index contributed by atoms with van der Waals surface area (Å²) in [6.45, 7) is 13.0. The van der Waals surface area contributed by atoms with E-state index in [9.17, 15) is 4.79 Å². The maximum absolute atomic E-state index is 13.0. The van der Waals surface area contributed by atoms with Crippen LogP contribution in [0.5, 0.6) is 0 Å². The van der Waals surface area contributed by atoms with Crippen LogP contribution in [0.3, 0.4) is 0 Å². The molecule has 0 spiro atoms. The zero-order valence-electron chi connectivity index (χ0n) is 21.0. The molecule has 0 aliphatic carbocycles. The van der Waals surface area contributed by atoms with Gasteiger partial charge in [0.1, 0.15) is 17.7 Å². The molecule has 0 atom stereocenters. The van der Waals surface area contributed by atoms with E-state index >= 15 is 0 Å². The van der Waals surface area contributed by atoms with E-state index in [2.05, 4.69) is 70.8 Å². The van der Waals surface area contributed by atoms with Crippen molar-refractivity contribution in [2.45, 2.75) is 40.0 Å². The average Bonchev–Trinajstić information content (AvgIpc) is 2.86. The highest BCUT2D eigenvalue weighted by molar-refractivity contribution is 6.03. The van der Waals surface area contributed by atoms with E-state index in [0.29, 0.717) is 24.6 Å². The largest absolute Gasteiger partial charge is 0.378 e. The van der Waals surface area contributed by atoms with E-state index in [4.69, 9.17) is 4.74 Å². The van der Waals surface area contributed by atoms with Crippen molar-refractivity contribution < 1.29 is 9.53 Å². The molecule has 4 rings (SSSR count). The molecular weight excluding hydrogens is 438 g/mol. The number of anilines is 2. The van der Waals surface area contributed by atoms with Crippen LogP contribution < -0.4 is 10.2 Å².